The van der Waals surface area contributed by atoms with E-state index in [-0.39, 0.29) is 11.9 Å². The Balaban J connectivity index is 2.09. The summed E-state index contributed by atoms with van der Waals surface area (Å²) in [6.07, 6.45) is 1.14. The second-order valence-electron chi connectivity index (χ2n) is 5.26. The lowest BCUT2D eigenvalue weighted by atomic mass is 10.1. The Hall–Kier alpha value is -1.17. The van der Waals surface area contributed by atoms with Crippen molar-refractivity contribution in [3.05, 3.63) is 29.6 Å². The quantitative estimate of drug-likeness (QED) is 0.782. The summed E-state index contributed by atoms with van der Waals surface area (Å²) < 4.78 is 25.0. The normalized spacial score (nSPS) is 19.0. The number of ether oxygens (including phenoxy) is 2. The van der Waals surface area contributed by atoms with Crippen LogP contribution >= 0.6 is 0 Å². The molecule has 1 heterocycles. The molecule has 0 bridgehead atoms. The van der Waals surface area contributed by atoms with E-state index in [1.54, 1.807) is 13.2 Å². The third-order valence-electron chi connectivity index (χ3n) is 3.78. The molecule has 0 aliphatic carbocycles. The molecule has 1 unspecified atom stereocenters. The number of anilines is 1. The maximum Gasteiger partial charge on any atom is 0.146 e. The number of hydrogen-bond acceptors (Lipinski definition) is 4. The van der Waals surface area contributed by atoms with E-state index < -0.39 is 0 Å². The van der Waals surface area contributed by atoms with Gasteiger partial charge in [-0.15, -0.1) is 0 Å². The highest BCUT2D eigenvalue weighted by Crippen LogP contribution is 2.26. The first-order chi connectivity index (χ1) is 10.3. The molecule has 5 heteroatoms. The van der Waals surface area contributed by atoms with E-state index in [1.165, 1.54) is 6.07 Å². The minimum atomic E-state index is -0.155. The van der Waals surface area contributed by atoms with E-state index in [1.807, 2.05) is 6.07 Å². The fourth-order valence-corrected chi connectivity index (χ4v) is 2.62. The van der Waals surface area contributed by atoms with Crippen molar-refractivity contribution < 1.29 is 13.9 Å². The maximum atomic E-state index is 14.3. The highest BCUT2D eigenvalue weighted by atomic mass is 19.1. The molecule has 4 nitrogen and oxygen atoms in total. The van der Waals surface area contributed by atoms with E-state index in [0.717, 1.165) is 31.6 Å². The van der Waals surface area contributed by atoms with Crippen LogP contribution in [0.4, 0.5) is 10.1 Å². The number of morpholine rings is 1. The van der Waals surface area contributed by atoms with Crippen LogP contribution < -0.4 is 10.2 Å². The Morgan fingerprint density at radius 2 is 2.33 bits per heavy atom. The molecule has 1 N–H and O–H groups in total. The highest BCUT2D eigenvalue weighted by Gasteiger charge is 2.23. The van der Waals surface area contributed by atoms with Crippen LogP contribution in [0.2, 0.25) is 0 Å². The molecule has 2 rings (SSSR count). The molecule has 1 aromatic rings. The van der Waals surface area contributed by atoms with Crippen molar-refractivity contribution in [3.8, 4) is 0 Å². The fourth-order valence-electron chi connectivity index (χ4n) is 2.62. The minimum absolute atomic E-state index is 0.155. The average molecular weight is 296 g/mol. The number of halogens is 1. The molecule has 0 saturated carbocycles. The van der Waals surface area contributed by atoms with Gasteiger partial charge in [-0.1, -0.05) is 19.1 Å². The van der Waals surface area contributed by atoms with Gasteiger partial charge in [0.2, 0.25) is 0 Å². The fraction of sp³-hybridized carbons (Fsp3) is 0.625. The third-order valence-corrected chi connectivity index (χ3v) is 3.78. The monoisotopic (exact) mass is 296 g/mol. The molecule has 1 aromatic carbocycles. The molecule has 1 atom stereocenters. The molecule has 1 fully saturated rings. The van der Waals surface area contributed by atoms with Crippen LogP contribution in [0.3, 0.4) is 0 Å². The smallest absolute Gasteiger partial charge is 0.146 e. The lowest BCUT2D eigenvalue weighted by molar-refractivity contribution is 0.0381. The van der Waals surface area contributed by atoms with E-state index in [2.05, 4.69) is 17.1 Å². The number of rotatable bonds is 7. The summed E-state index contributed by atoms with van der Waals surface area (Å²) in [5.74, 6) is -0.155. The summed E-state index contributed by atoms with van der Waals surface area (Å²) in [6, 6.07) is 5.28. The van der Waals surface area contributed by atoms with Crippen molar-refractivity contribution in [2.75, 3.05) is 44.9 Å². The first-order valence-electron chi connectivity index (χ1n) is 7.59. The molecule has 21 heavy (non-hydrogen) atoms. The molecule has 118 valence electrons. The number of nitrogens with one attached hydrogen (secondary N) is 1. The van der Waals surface area contributed by atoms with Gasteiger partial charge in [-0.2, -0.15) is 0 Å². The Bertz CT molecular complexity index is 442. The molecule has 1 aliphatic rings. The van der Waals surface area contributed by atoms with Crippen molar-refractivity contribution in [2.45, 2.75) is 26.0 Å². The summed E-state index contributed by atoms with van der Waals surface area (Å²) in [6.45, 7) is 6.30. The average Bonchev–Trinajstić information content (AvgIpc) is 2.51. The van der Waals surface area contributed by atoms with Gasteiger partial charge in [0.1, 0.15) is 5.82 Å². The lowest BCUT2D eigenvalue weighted by Crippen LogP contribution is -2.43. The van der Waals surface area contributed by atoms with Crippen LogP contribution in [-0.2, 0) is 16.0 Å². The van der Waals surface area contributed by atoms with Crippen molar-refractivity contribution in [2.24, 2.45) is 0 Å². The summed E-state index contributed by atoms with van der Waals surface area (Å²) >= 11 is 0. The predicted molar refractivity (Wildman–Crippen MR) is 82.2 cm³/mol. The molecule has 0 radical (unpaired) electrons. The number of hydrogen-bond donors (Lipinski definition) is 1. The summed E-state index contributed by atoms with van der Waals surface area (Å²) in [7, 11) is 1.67. The van der Waals surface area contributed by atoms with Gasteiger partial charge in [-0.3, -0.25) is 0 Å². The predicted octanol–water partition coefficient (Wildman–Crippen LogP) is 2.18. The zero-order chi connectivity index (χ0) is 15.1. The van der Waals surface area contributed by atoms with E-state index in [0.29, 0.717) is 25.4 Å². The topological polar surface area (TPSA) is 33.7 Å². The zero-order valence-electron chi connectivity index (χ0n) is 12.9. The zero-order valence-corrected chi connectivity index (χ0v) is 12.9. The van der Waals surface area contributed by atoms with Gasteiger partial charge >= 0.3 is 0 Å². The van der Waals surface area contributed by atoms with Crippen molar-refractivity contribution in [3.63, 3.8) is 0 Å². The van der Waals surface area contributed by atoms with Crippen LogP contribution in [0, 0.1) is 5.82 Å². The molecular weight excluding hydrogens is 271 g/mol. The van der Waals surface area contributed by atoms with Gasteiger partial charge in [0.05, 0.1) is 25.0 Å². The second kappa shape index (κ2) is 8.32. The van der Waals surface area contributed by atoms with E-state index in [4.69, 9.17) is 9.47 Å². The number of benzene rings is 1. The summed E-state index contributed by atoms with van der Waals surface area (Å²) in [5.41, 5.74) is 1.70. The molecular formula is C16H25FN2O2. The first kappa shape index (κ1) is 16.2. The van der Waals surface area contributed by atoms with E-state index in [9.17, 15) is 4.39 Å². The minimum Gasteiger partial charge on any atom is -0.383 e. The first-order valence-corrected chi connectivity index (χ1v) is 7.59. The largest absolute Gasteiger partial charge is 0.383 e. The van der Waals surface area contributed by atoms with Crippen LogP contribution in [0.15, 0.2) is 18.2 Å². The standard InChI is InChI=1S/C16H25FN2O2/c1-3-14-12-19(8-10-21-14)16-13(5-4-6-15(16)17)11-18-7-9-20-2/h4-6,14,18H,3,7-12H2,1-2H3. The van der Waals surface area contributed by atoms with Gasteiger partial charge in [-0.05, 0) is 18.1 Å². The number of nitrogens with zero attached hydrogens (tertiary/aromatic N) is 1. The Kier molecular flexibility index (Phi) is 6.42. The van der Waals surface area contributed by atoms with Crippen molar-refractivity contribution in [1.82, 2.24) is 5.32 Å². The van der Waals surface area contributed by atoms with Gasteiger partial charge in [-0.25, -0.2) is 4.39 Å². The Morgan fingerprint density at radius 1 is 1.48 bits per heavy atom. The number of methoxy groups -OCH3 is 1. The van der Waals surface area contributed by atoms with Gasteiger partial charge in [0.15, 0.2) is 0 Å². The molecule has 1 aliphatic heterocycles. The Morgan fingerprint density at radius 3 is 3.10 bits per heavy atom. The SMILES string of the molecule is CCC1CN(c2c(F)cccc2CNCCOC)CCO1. The van der Waals surface area contributed by atoms with Crippen molar-refractivity contribution in [1.29, 1.82) is 0 Å². The van der Waals surface area contributed by atoms with Crippen LogP contribution in [-0.4, -0.2) is 46.1 Å². The third kappa shape index (κ3) is 4.40. The van der Waals surface area contributed by atoms with Crippen LogP contribution in [0.25, 0.3) is 0 Å². The van der Waals surface area contributed by atoms with Crippen molar-refractivity contribution >= 4 is 5.69 Å². The molecule has 0 amide bonds. The van der Waals surface area contributed by atoms with E-state index >= 15 is 0 Å². The Labute approximate surface area is 126 Å². The van der Waals surface area contributed by atoms with Crippen LogP contribution in [0.5, 0.6) is 0 Å². The molecule has 0 aromatic heterocycles. The van der Waals surface area contributed by atoms with Gasteiger partial charge < -0.3 is 19.7 Å². The second-order valence-corrected chi connectivity index (χ2v) is 5.26. The van der Waals surface area contributed by atoms with Gasteiger partial charge in [0.25, 0.3) is 0 Å². The van der Waals surface area contributed by atoms with Crippen LogP contribution in [0.1, 0.15) is 18.9 Å². The summed E-state index contributed by atoms with van der Waals surface area (Å²) in [4.78, 5) is 2.11. The highest BCUT2D eigenvalue weighted by molar-refractivity contribution is 5.55. The van der Waals surface area contributed by atoms with Gasteiger partial charge in [0, 0.05) is 33.3 Å². The number of para-hydroxylation sites is 1. The maximum absolute atomic E-state index is 14.3. The summed E-state index contributed by atoms with van der Waals surface area (Å²) in [5, 5.41) is 3.28. The molecule has 0 spiro atoms. The lowest BCUT2D eigenvalue weighted by Gasteiger charge is -2.35. The molecule has 1 saturated heterocycles.